The molecule has 0 bridgehead atoms. The Hall–Kier alpha value is -3.32. The van der Waals surface area contributed by atoms with E-state index in [2.05, 4.69) is 15.7 Å². The summed E-state index contributed by atoms with van der Waals surface area (Å²) >= 11 is 0. The quantitative estimate of drug-likeness (QED) is 0.648. The van der Waals surface area contributed by atoms with E-state index >= 15 is 0 Å². The molecule has 0 aliphatic carbocycles. The highest BCUT2D eigenvalue weighted by atomic mass is 32.2. The lowest BCUT2D eigenvalue weighted by atomic mass is 10.1. The van der Waals surface area contributed by atoms with Crippen molar-refractivity contribution in [3.05, 3.63) is 89.0 Å². The summed E-state index contributed by atoms with van der Waals surface area (Å²) in [5, 5.41) is 0. The number of rotatable bonds is 4. The SMILES string of the molecule is Cc1cccc(NS(=O)(=O)c2ccc(C(=O)N3CCN(C)c4ccccc4C3)cc2)c1C. The number of para-hydroxylation sites is 1. The van der Waals surface area contributed by atoms with Crippen LogP contribution in [0.5, 0.6) is 0 Å². The summed E-state index contributed by atoms with van der Waals surface area (Å²) in [6, 6.07) is 19.7. The Morgan fingerprint density at radius 3 is 2.38 bits per heavy atom. The van der Waals surface area contributed by atoms with Crippen LogP contribution in [0.15, 0.2) is 71.6 Å². The molecule has 0 aromatic heterocycles. The van der Waals surface area contributed by atoms with Crippen LogP contribution in [0.4, 0.5) is 11.4 Å². The van der Waals surface area contributed by atoms with Crippen molar-refractivity contribution in [3.8, 4) is 0 Å². The van der Waals surface area contributed by atoms with E-state index in [-0.39, 0.29) is 10.8 Å². The van der Waals surface area contributed by atoms with Crippen molar-refractivity contribution in [1.82, 2.24) is 4.90 Å². The Balaban J connectivity index is 1.53. The molecule has 32 heavy (non-hydrogen) atoms. The average molecular weight is 450 g/mol. The molecular formula is C25H27N3O3S. The number of carbonyl (C=O) groups is 1. The number of aryl methyl sites for hydroxylation is 1. The summed E-state index contributed by atoms with van der Waals surface area (Å²) in [5.41, 5.74) is 5.14. The van der Waals surface area contributed by atoms with Crippen molar-refractivity contribution >= 4 is 27.3 Å². The summed E-state index contributed by atoms with van der Waals surface area (Å²) in [7, 11) is -1.73. The lowest BCUT2D eigenvalue weighted by Crippen LogP contribution is -2.34. The summed E-state index contributed by atoms with van der Waals surface area (Å²) in [5.74, 6) is -0.110. The molecule has 0 spiro atoms. The topological polar surface area (TPSA) is 69.7 Å². The molecule has 3 aromatic carbocycles. The van der Waals surface area contributed by atoms with Crippen LogP contribution < -0.4 is 9.62 Å². The first-order chi connectivity index (χ1) is 15.3. The first-order valence-corrected chi connectivity index (χ1v) is 12.0. The number of fused-ring (bicyclic) bond motifs is 1. The van der Waals surface area contributed by atoms with E-state index in [4.69, 9.17) is 0 Å². The molecule has 0 saturated heterocycles. The van der Waals surface area contributed by atoms with Crippen molar-refractivity contribution in [2.45, 2.75) is 25.3 Å². The first kappa shape index (κ1) is 21.9. The number of likely N-dealkylation sites (N-methyl/N-ethyl adjacent to an activating group) is 1. The number of anilines is 2. The van der Waals surface area contributed by atoms with Crippen LogP contribution in [-0.4, -0.2) is 39.4 Å². The Morgan fingerprint density at radius 1 is 0.906 bits per heavy atom. The Labute approximate surface area is 189 Å². The van der Waals surface area contributed by atoms with E-state index in [0.717, 1.165) is 28.9 Å². The molecular weight excluding hydrogens is 422 g/mol. The minimum atomic E-state index is -3.75. The van der Waals surface area contributed by atoms with Gasteiger partial charge in [0.1, 0.15) is 0 Å². The van der Waals surface area contributed by atoms with Gasteiger partial charge in [0, 0.05) is 37.9 Å². The molecule has 1 aliphatic heterocycles. The van der Waals surface area contributed by atoms with Crippen LogP contribution in [-0.2, 0) is 16.6 Å². The number of nitrogens with one attached hydrogen (secondary N) is 1. The predicted molar refractivity (Wildman–Crippen MR) is 128 cm³/mol. The summed E-state index contributed by atoms with van der Waals surface area (Å²) in [4.78, 5) is 17.2. The van der Waals surface area contributed by atoms with Gasteiger partial charge in [0.15, 0.2) is 0 Å². The number of amides is 1. The molecule has 3 aromatic rings. The van der Waals surface area contributed by atoms with Gasteiger partial charge in [0.2, 0.25) is 0 Å². The fraction of sp³-hybridized carbons (Fsp3) is 0.240. The van der Waals surface area contributed by atoms with Gasteiger partial charge < -0.3 is 9.80 Å². The van der Waals surface area contributed by atoms with Crippen molar-refractivity contribution in [2.24, 2.45) is 0 Å². The largest absolute Gasteiger partial charge is 0.373 e. The van der Waals surface area contributed by atoms with E-state index < -0.39 is 10.0 Å². The molecule has 7 heteroatoms. The van der Waals surface area contributed by atoms with Gasteiger partial charge >= 0.3 is 0 Å². The molecule has 166 valence electrons. The van der Waals surface area contributed by atoms with E-state index in [1.807, 2.05) is 51.2 Å². The second kappa shape index (κ2) is 8.67. The third-order valence-electron chi connectivity index (χ3n) is 6.02. The molecule has 0 fully saturated rings. The number of carbonyl (C=O) groups excluding carboxylic acids is 1. The van der Waals surface area contributed by atoms with Crippen LogP contribution >= 0.6 is 0 Å². The van der Waals surface area contributed by atoms with Gasteiger partial charge in [-0.15, -0.1) is 0 Å². The van der Waals surface area contributed by atoms with Gasteiger partial charge in [0.05, 0.1) is 10.6 Å². The standard InChI is InChI=1S/C25H27N3O3S/c1-18-7-6-9-23(19(18)2)26-32(30,31)22-13-11-20(12-14-22)25(29)28-16-15-27(3)24-10-5-4-8-21(24)17-28/h4-14,26H,15-17H2,1-3H3. The number of hydrogen-bond donors (Lipinski definition) is 1. The zero-order valence-electron chi connectivity index (χ0n) is 18.5. The van der Waals surface area contributed by atoms with E-state index in [1.165, 1.54) is 12.1 Å². The molecule has 4 rings (SSSR count). The average Bonchev–Trinajstić information content (AvgIpc) is 2.95. The Kier molecular flexibility index (Phi) is 5.93. The molecule has 0 unspecified atom stereocenters. The molecule has 1 N–H and O–H groups in total. The van der Waals surface area contributed by atoms with Gasteiger partial charge in [-0.05, 0) is 66.9 Å². The van der Waals surface area contributed by atoms with Gasteiger partial charge in [-0.2, -0.15) is 0 Å². The predicted octanol–water partition coefficient (Wildman–Crippen LogP) is 4.20. The normalized spacial score (nSPS) is 14.0. The minimum absolute atomic E-state index is 0.110. The molecule has 1 heterocycles. The zero-order chi connectivity index (χ0) is 22.9. The van der Waals surface area contributed by atoms with Crippen LogP contribution in [0.2, 0.25) is 0 Å². The second-order valence-corrected chi connectivity index (χ2v) is 9.84. The molecule has 0 atom stereocenters. The van der Waals surface area contributed by atoms with Crippen LogP contribution in [0.25, 0.3) is 0 Å². The van der Waals surface area contributed by atoms with Crippen LogP contribution in [0.3, 0.4) is 0 Å². The third-order valence-corrected chi connectivity index (χ3v) is 7.40. The fourth-order valence-corrected chi connectivity index (χ4v) is 5.01. The first-order valence-electron chi connectivity index (χ1n) is 10.5. The monoisotopic (exact) mass is 449 g/mol. The van der Waals surface area contributed by atoms with Crippen molar-refractivity contribution in [3.63, 3.8) is 0 Å². The van der Waals surface area contributed by atoms with Gasteiger partial charge in [0.25, 0.3) is 15.9 Å². The maximum absolute atomic E-state index is 13.1. The van der Waals surface area contributed by atoms with Crippen molar-refractivity contribution < 1.29 is 13.2 Å². The van der Waals surface area contributed by atoms with Gasteiger partial charge in [-0.3, -0.25) is 9.52 Å². The molecule has 6 nitrogen and oxygen atoms in total. The number of sulfonamides is 1. The molecule has 0 radical (unpaired) electrons. The van der Waals surface area contributed by atoms with E-state index in [0.29, 0.717) is 24.3 Å². The molecule has 1 amide bonds. The molecule has 1 aliphatic rings. The lowest BCUT2D eigenvalue weighted by Gasteiger charge is -2.21. The zero-order valence-corrected chi connectivity index (χ0v) is 19.3. The van der Waals surface area contributed by atoms with Gasteiger partial charge in [-0.25, -0.2) is 8.42 Å². The van der Waals surface area contributed by atoms with Crippen LogP contribution in [0.1, 0.15) is 27.0 Å². The second-order valence-electron chi connectivity index (χ2n) is 8.15. The number of benzene rings is 3. The summed E-state index contributed by atoms with van der Waals surface area (Å²) in [6.07, 6.45) is 0. The Morgan fingerprint density at radius 2 is 1.62 bits per heavy atom. The maximum atomic E-state index is 13.1. The van der Waals surface area contributed by atoms with Crippen molar-refractivity contribution in [1.29, 1.82) is 0 Å². The number of nitrogens with zero attached hydrogens (tertiary/aromatic N) is 2. The highest BCUT2D eigenvalue weighted by Crippen LogP contribution is 2.25. The Bertz CT molecular complexity index is 1250. The highest BCUT2D eigenvalue weighted by Gasteiger charge is 2.23. The molecule has 0 saturated carbocycles. The van der Waals surface area contributed by atoms with E-state index in [1.54, 1.807) is 23.1 Å². The summed E-state index contributed by atoms with van der Waals surface area (Å²) in [6.45, 7) is 5.67. The number of hydrogen-bond acceptors (Lipinski definition) is 4. The minimum Gasteiger partial charge on any atom is -0.373 e. The third kappa shape index (κ3) is 4.34. The lowest BCUT2D eigenvalue weighted by molar-refractivity contribution is 0.0751. The van der Waals surface area contributed by atoms with Crippen molar-refractivity contribution in [2.75, 3.05) is 29.8 Å². The maximum Gasteiger partial charge on any atom is 0.261 e. The van der Waals surface area contributed by atoms with Crippen LogP contribution in [0, 0.1) is 13.8 Å². The fourth-order valence-electron chi connectivity index (χ4n) is 3.89. The summed E-state index contributed by atoms with van der Waals surface area (Å²) < 4.78 is 28.4. The van der Waals surface area contributed by atoms with Gasteiger partial charge in [-0.1, -0.05) is 30.3 Å². The highest BCUT2D eigenvalue weighted by molar-refractivity contribution is 7.92. The smallest absolute Gasteiger partial charge is 0.261 e. The van der Waals surface area contributed by atoms with E-state index in [9.17, 15) is 13.2 Å².